The van der Waals surface area contributed by atoms with Gasteiger partial charge in [0.25, 0.3) is 10.2 Å². The molecule has 2 N–H and O–H groups in total. The molecule has 1 aromatic heterocycles. The molecule has 0 spiro atoms. The highest BCUT2D eigenvalue weighted by molar-refractivity contribution is 7.86. The molecule has 0 atom stereocenters. The number of nitrogens with zero attached hydrogens (tertiary/aromatic N) is 3. The Balaban J connectivity index is 1.92. The van der Waals surface area contributed by atoms with Crippen LogP contribution in [0.1, 0.15) is 31.9 Å². The predicted molar refractivity (Wildman–Crippen MR) is 92.2 cm³/mol. The van der Waals surface area contributed by atoms with Crippen LogP contribution in [-0.4, -0.2) is 54.7 Å². The van der Waals surface area contributed by atoms with Gasteiger partial charge in [-0.15, -0.1) is 0 Å². The molecule has 134 valence electrons. The number of pyridine rings is 1. The zero-order chi connectivity index (χ0) is 17.6. The SMILES string of the molecule is CCCN(CCc1ccccn1)C(=O)C1CCN(S(N)(=O)=O)CC1. The molecule has 2 heterocycles. The van der Waals surface area contributed by atoms with Crippen LogP contribution >= 0.6 is 0 Å². The average molecular weight is 354 g/mol. The molecular weight excluding hydrogens is 328 g/mol. The summed E-state index contributed by atoms with van der Waals surface area (Å²) in [7, 11) is -3.65. The van der Waals surface area contributed by atoms with Gasteiger partial charge in [-0.2, -0.15) is 12.7 Å². The van der Waals surface area contributed by atoms with Crippen LogP contribution in [0.2, 0.25) is 0 Å². The average Bonchev–Trinajstić information content (AvgIpc) is 2.58. The van der Waals surface area contributed by atoms with Crippen LogP contribution in [0.15, 0.2) is 24.4 Å². The fourth-order valence-electron chi connectivity index (χ4n) is 3.01. The van der Waals surface area contributed by atoms with Gasteiger partial charge in [0.2, 0.25) is 5.91 Å². The summed E-state index contributed by atoms with van der Waals surface area (Å²) in [6.07, 6.45) is 4.43. The van der Waals surface area contributed by atoms with Gasteiger partial charge in [-0.3, -0.25) is 9.78 Å². The largest absolute Gasteiger partial charge is 0.342 e. The Hall–Kier alpha value is -1.51. The summed E-state index contributed by atoms with van der Waals surface area (Å²) in [4.78, 5) is 18.9. The van der Waals surface area contributed by atoms with Gasteiger partial charge in [0.15, 0.2) is 0 Å². The van der Waals surface area contributed by atoms with Crippen molar-refractivity contribution in [2.24, 2.45) is 11.1 Å². The lowest BCUT2D eigenvalue weighted by molar-refractivity contribution is -0.136. The summed E-state index contributed by atoms with van der Waals surface area (Å²) in [6.45, 7) is 4.02. The van der Waals surface area contributed by atoms with Gasteiger partial charge in [0.1, 0.15) is 0 Å². The van der Waals surface area contributed by atoms with E-state index >= 15 is 0 Å². The van der Waals surface area contributed by atoms with E-state index in [-0.39, 0.29) is 11.8 Å². The minimum absolute atomic E-state index is 0.113. The van der Waals surface area contributed by atoms with Crippen molar-refractivity contribution >= 4 is 16.1 Å². The summed E-state index contributed by atoms with van der Waals surface area (Å²) < 4.78 is 24.0. The first-order chi connectivity index (χ1) is 11.4. The van der Waals surface area contributed by atoms with Crippen LogP contribution < -0.4 is 5.14 Å². The van der Waals surface area contributed by atoms with Crippen molar-refractivity contribution in [1.82, 2.24) is 14.2 Å². The van der Waals surface area contributed by atoms with Gasteiger partial charge < -0.3 is 4.90 Å². The van der Waals surface area contributed by atoms with Crippen LogP contribution in [0.5, 0.6) is 0 Å². The molecule has 0 bridgehead atoms. The van der Waals surface area contributed by atoms with E-state index in [1.807, 2.05) is 30.0 Å². The van der Waals surface area contributed by atoms with Crippen molar-refractivity contribution < 1.29 is 13.2 Å². The first kappa shape index (κ1) is 18.8. The number of hydrogen-bond donors (Lipinski definition) is 1. The quantitative estimate of drug-likeness (QED) is 0.782. The van der Waals surface area contributed by atoms with E-state index in [1.54, 1.807) is 6.20 Å². The second-order valence-corrected chi connectivity index (χ2v) is 7.66. The molecule has 7 nitrogen and oxygen atoms in total. The van der Waals surface area contributed by atoms with Crippen molar-refractivity contribution in [2.75, 3.05) is 26.2 Å². The molecule has 1 aliphatic heterocycles. The zero-order valence-electron chi connectivity index (χ0n) is 14.1. The maximum Gasteiger partial charge on any atom is 0.276 e. The molecule has 0 aliphatic carbocycles. The van der Waals surface area contributed by atoms with Gasteiger partial charge in [-0.1, -0.05) is 13.0 Å². The summed E-state index contributed by atoms with van der Waals surface area (Å²) in [6, 6.07) is 5.77. The van der Waals surface area contributed by atoms with E-state index in [0.29, 0.717) is 39.0 Å². The first-order valence-electron chi connectivity index (χ1n) is 8.38. The van der Waals surface area contributed by atoms with Crippen LogP contribution in [0.3, 0.4) is 0 Å². The third-order valence-electron chi connectivity index (χ3n) is 4.33. The Kier molecular flexibility index (Phi) is 6.70. The third kappa shape index (κ3) is 5.25. The molecule has 0 unspecified atom stereocenters. The van der Waals surface area contributed by atoms with Crippen LogP contribution in [0.25, 0.3) is 0 Å². The maximum absolute atomic E-state index is 12.8. The van der Waals surface area contributed by atoms with E-state index in [4.69, 9.17) is 5.14 Å². The number of carbonyl (C=O) groups excluding carboxylic acids is 1. The normalized spacial score (nSPS) is 16.9. The van der Waals surface area contributed by atoms with Crippen molar-refractivity contribution in [3.63, 3.8) is 0 Å². The van der Waals surface area contributed by atoms with Crippen LogP contribution in [0, 0.1) is 5.92 Å². The standard InChI is InChI=1S/C16H26N4O3S/c1-2-10-19(11-8-15-5-3-4-9-18-15)16(21)14-6-12-20(13-7-14)24(17,22)23/h3-5,9,14H,2,6-8,10-13H2,1H3,(H2,17,22,23). The van der Waals surface area contributed by atoms with Crippen molar-refractivity contribution in [1.29, 1.82) is 0 Å². The molecule has 24 heavy (non-hydrogen) atoms. The highest BCUT2D eigenvalue weighted by atomic mass is 32.2. The summed E-state index contributed by atoms with van der Waals surface area (Å²) in [5.74, 6) is -0.0138. The molecule has 2 rings (SSSR count). The summed E-state index contributed by atoms with van der Waals surface area (Å²) >= 11 is 0. The zero-order valence-corrected chi connectivity index (χ0v) is 14.9. The Morgan fingerprint density at radius 3 is 2.58 bits per heavy atom. The highest BCUT2D eigenvalue weighted by Gasteiger charge is 2.31. The molecular formula is C16H26N4O3S. The number of nitrogens with two attached hydrogens (primary N) is 1. The Bertz CT molecular complexity index is 628. The lowest BCUT2D eigenvalue weighted by Gasteiger charge is -2.32. The monoisotopic (exact) mass is 354 g/mol. The molecule has 1 fully saturated rings. The van der Waals surface area contributed by atoms with E-state index in [1.165, 1.54) is 4.31 Å². The van der Waals surface area contributed by atoms with Gasteiger partial charge in [0.05, 0.1) is 0 Å². The van der Waals surface area contributed by atoms with Gasteiger partial charge in [-0.25, -0.2) is 5.14 Å². The van der Waals surface area contributed by atoms with E-state index < -0.39 is 10.2 Å². The molecule has 1 aliphatic rings. The number of amides is 1. The second-order valence-electron chi connectivity index (χ2n) is 6.11. The van der Waals surface area contributed by atoms with Crippen molar-refractivity contribution in [3.8, 4) is 0 Å². The highest BCUT2D eigenvalue weighted by Crippen LogP contribution is 2.21. The third-order valence-corrected chi connectivity index (χ3v) is 5.42. The fraction of sp³-hybridized carbons (Fsp3) is 0.625. The predicted octanol–water partition coefficient (Wildman–Crippen LogP) is 0.778. The van der Waals surface area contributed by atoms with Gasteiger partial charge in [0, 0.05) is 50.4 Å². The summed E-state index contributed by atoms with van der Waals surface area (Å²) in [5.41, 5.74) is 0.968. The molecule has 0 radical (unpaired) electrons. The minimum atomic E-state index is -3.65. The van der Waals surface area contributed by atoms with Crippen molar-refractivity contribution in [3.05, 3.63) is 30.1 Å². The van der Waals surface area contributed by atoms with E-state index in [9.17, 15) is 13.2 Å². The smallest absolute Gasteiger partial charge is 0.276 e. The number of piperidine rings is 1. The Morgan fingerprint density at radius 2 is 2.04 bits per heavy atom. The molecule has 0 aromatic carbocycles. The Morgan fingerprint density at radius 1 is 1.33 bits per heavy atom. The molecule has 1 saturated heterocycles. The number of hydrogen-bond acceptors (Lipinski definition) is 4. The fourth-order valence-corrected chi connectivity index (χ4v) is 3.73. The topological polar surface area (TPSA) is 96.6 Å². The number of carbonyl (C=O) groups is 1. The lowest BCUT2D eigenvalue weighted by Crippen LogP contribution is -2.46. The van der Waals surface area contributed by atoms with Crippen molar-refractivity contribution in [2.45, 2.75) is 32.6 Å². The van der Waals surface area contributed by atoms with Crippen LogP contribution in [-0.2, 0) is 21.4 Å². The number of rotatable bonds is 7. The molecule has 1 amide bonds. The molecule has 8 heteroatoms. The van der Waals surface area contributed by atoms with E-state index in [0.717, 1.165) is 18.5 Å². The Labute approximate surface area is 144 Å². The van der Waals surface area contributed by atoms with Gasteiger partial charge >= 0.3 is 0 Å². The second kappa shape index (κ2) is 8.55. The van der Waals surface area contributed by atoms with Gasteiger partial charge in [-0.05, 0) is 31.4 Å². The van der Waals surface area contributed by atoms with E-state index in [2.05, 4.69) is 4.98 Å². The maximum atomic E-state index is 12.8. The first-order valence-corrected chi connectivity index (χ1v) is 9.88. The van der Waals surface area contributed by atoms with Crippen LogP contribution in [0.4, 0.5) is 0 Å². The number of aromatic nitrogens is 1. The molecule has 1 aromatic rings. The minimum Gasteiger partial charge on any atom is -0.342 e. The summed E-state index contributed by atoms with van der Waals surface area (Å²) in [5, 5.41) is 5.15. The lowest BCUT2D eigenvalue weighted by atomic mass is 9.96. The molecule has 0 saturated carbocycles.